The fourth-order valence-corrected chi connectivity index (χ4v) is 3.48. The first kappa shape index (κ1) is 14.2. The Balaban J connectivity index is 2.53. The molecule has 0 spiro atoms. The molecule has 0 N–H and O–H groups in total. The van der Waals surface area contributed by atoms with Gasteiger partial charge in [-0.1, -0.05) is 6.07 Å². The third-order valence-corrected chi connectivity index (χ3v) is 5.61. The SMILES string of the molecule is COC(=O)CC(C)S(=O)(=O)CCc1cccs1. The van der Waals surface area contributed by atoms with E-state index in [2.05, 4.69) is 4.74 Å². The Morgan fingerprint density at radius 2 is 2.24 bits per heavy atom. The largest absolute Gasteiger partial charge is 0.469 e. The second-order valence-electron chi connectivity index (χ2n) is 3.79. The van der Waals surface area contributed by atoms with Gasteiger partial charge < -0.3 is 4.74 Å². The van der Waals surface area contributed by atoms with Gasteiger partial charge in [0.05, 0.1) is 24.5 Å². The van der Waals surface area contributed by atoms with Crippen molar-refractivity contribution in [1.82, 2.24) is 0 Å². The quantitative estimate of drug-likeness (QED) is 0.741. The molecule has 1 unspecified atom stereocenters. The zero-order chi connectivity index (χ0) is 12.9. The molecule has 0 aliphatic carbocycles. The van der Waals surface area contributed by atoms with Gasteiger partial charge in [0.1, 0.15) is 0 Å². The number of thiophene rings is 1. The van der Waals surface area contributed by atoms with Crippen LogP contribution in [0.3, 0.4) is 0 Å². The lowest BCUT2D eigenvalue weighted by atomic mass is 10.3. The van der Waals surface area contributed by atoms with E-state index >= 15 is 0 Å². The lowest BCUT2D eigenvalue weighted by Gasteiger charge is -2.10. The Hall–Kier alpha value is -0.880. The monoisotopic (exact) mass is 276 g/mol. The van der Waals surface area contributed by atoms with Crippen molar-refractivity contribution in [1.29, 1.82) is 0 Å². The number of sulfone groups is 1. The lowest BCUT2D eigenvalue weighted by molar-refractivity contribution is -0.140. The van der Waals surface area contributed by atoms with Gasteiger partial charge in [0.2, 0.25) is 0 Å². The van der Waals surface area contributed by atoms with Crippen LogP contribution in [0.2, 0.25) is 0 Å². The Morgan fingerprint density at radius 3 is 2.76 bits per heavy atom. The van der Waals surface area contributed by atoms with Crippen LogP contribution in [-0.4, -0.2) is 32.5 Å². The summed E-state index contributed by atoms with van der Waals surface area (Å²) < 4.78 is 28.2. The summed E-state index contributed by atoms with van der Waals surface area (Å²) in [7, 11) is -1.98. The molecule has 0 aliphatic heterocycles. The van der Waals surface area contributed by atoms with Gasteiger partial charge in [-0.15, -0.1) is 11.3 Å². The predicted molar refractivity (Wildman–Crippen MR) is 67.9 cm³/mol. The third kappa shape index (κ3) is 4.47. The van der Waals surface area contributed by atoms with Crippen LogP contribution < -0.4 is 0 Å². The van der Waals surface area contributed by atoms with E-state index in [0.29, 0.717) is 6.42 Å². The minimum Gasteiger partial charge on any atom is -0.469 e. The zero-order valence-electron chi connectivity index (χ0n) is 9.88. The molecule has 1 rings (SSSR count). The number of hydrogen-bond acceptors (Lipinski definition) is 5. The van der Waals surface area contributed by atoms with Gasteiger partial charge in [-0.2, -0.15) is 0 Å². The molecule has 1 aromatic heterocycles. The molecule has 1 atom stereocenters. The van der Waals surface area contributed by atoms with Gasteiger partial charge in [-0.25, -0.2) is 8.42 Å². The molecule has 0 fully saturated rings. The van der Waals surface area contributed by atoms with Crippen molar-refractivity contribution >= 4 is 27.1 Å². The van der Waals surface area contributed by atoms with E-state index in [1.165, 1.54) is 18.4 Å². The highest BCUT2D eigenvalue weighted by atomic mass is 32.2. The van der Waals surface area contributed by atoms with Crippen LogP contribution in [0.15, 0.2) is 17.5 Å². The van der Waals surface area contributed by atoms with Crippen molar-refractivity contribution in [2.75, 3.05) is 12.9 Å². The molecule has 4 nitrogen and oxygen atoms in total. The van der Waals surface area contributed by atoms with Crippen LogP contribution in [0.25, 0.3) is 0 Å². The average Bonchev–Trinajstić information content (AvgIpc) is 2.79. The molecular weight excluding hydrogens is 260 g/mol. The first-order valence-corrected chi connectivity index (χ1v) is 7.86. The molecule has 0 aliphatic rings. The maximum Gasteiger partial charge on any atom is 0.306 e. The van der Waals surface area contributed by atoms with Crippen LogP contribution in [0.4, 0.5) is 0 Å². The van der Waals surface area contributed by atoms with Gasteiger partial charge >= 0.3 is 5.97 Å². The van der Waals surface area contributed by atoms with Gasteiger partial charge in [-0.05, 0) is 24.8 Å². The van der Waals surface area contributed by atoms with Crippen molar-refractivity contribution < 1.29 is 17.9 Å². The lowest BCUT2D eigenvalue weighted by Crippen LogP contribution is -2.25. The summed E-state index contributed by atoms with van der Waals surface area (Å²) in [6.45, 7) is 1.54. The molecule has 1 aromatic rings. The number of hydrogen-bond donors (Lipinski definition) is 0. The summed E-state index contributed by atoms with van der Waals surface area (Å²) in [4.78, 5) is 12.1. The Bertz CT molecular complexity index is 448. The minimum absolute atomic E-state index is 0.0751. The molecular formula is C11H16O4S2. The first-order chi connectivity index (χ1) is 7.95. The Labute approximate surface area is 106 Å². The van der Waals surface area contributed by atoms with Crippen LogP contribution in [0, 0.1) is 0 Å². The van der Waals surface area contributed by atoms with Gasteiger partial charge in [-0.3, -0.25) is 4.79 Å². The van der Waals surface area contributed by atoms with E-state index in [9.17, 15) is 13.2 Å². The van der Waals surface area contributed by atoms with Crippen LogP contribution in [0.5, 0.6) is 0 Å². The van der Waals surface area contributed by atoms with Crippen LogP contribution in [-0.2, 0) is 25.8 Å². The van der Waals surface area contributed by atoms with E-state index < -0.39 is 21.1 Å². The fourth-order valence-electron chi connectivity index (χ4n) is 1.34. The molecule has 0 saturated carbocycles. The highest BCUT2D eigenvalue weighted by Crippen LogP contribution is 2.14. The summed E-state index contributed by atoms with van der Waals surface area (Å²) in [6.07, 6.45) is 0.425. The summed E-state index contributed by atoms with van der Waals surface area (Å²) in [5.74, 6) is -0.414. The zero-order valence-corrected chi connectivity index (χ0v) is 11.5. The number of esters is 1. The Kier molecular flexibility index (Phi) is 5.14. The summed E-state index contributed by atoms with van der Waals surface area (Å²) in [6, 6.07) is 3.80. The average molecular weight is 276 g/mol. The highest BCUT2D eigenvalue weighted by Gasteiger charge is 2.23. The number of methoxy groups -OCH3 is 1. The van der Waals surface area contributed by atoms with E-state index in [0.717, 1.165) is 4.88 Å². The smallest absolute Gasteiger partial charge is 0.306 e. The van der Waals surface area contributed by atoms with Crippen molar-refractivity contribution in [2.45, 2.75) is 25.0 Å². The second kappa shape index (κ2) is 6.16. The maximum atomic E-state index is 11.9. The fraction of sp³-hybridized carbons (Fsp3) is 0.545. The Morgan fingerprint density at radius 1 is 1.53 bits per heavy atom. The number of rotatable bonds is 6. The van der Waals surface area contributed by atoms with E-state index in [-0.39, 0.29) is 12.2 Å². The van der Waals surface area contributed by atoms with Gasteiger partial charge in [0, 0.05) is 4.88 Å². The van der Waals surface area contributed by atoms with Crippen molar-refractivity contribution in [3.8, 4) is 0 Å². The van der Waals surface area contributed by atoms with Gasteiger partial charge in [0.25, 0.3) is 0 Å². The molecule has 0 bridgehead atoms. The normalized spacial score (nSPS) is 13.3. The summed E-state index contributed by atoms with van der Waals surface area (Å²) >= 11 is 1.54. The molecule has 96 valence electrons. The first-order valence-electron chi connectivity index (χ1n) is 5.26. The molecule has 6 heteroatoms. The van der Waals surface area contributed by atoms with Crippen LogP contribution >= 0.6 is 11.3 Å². The number of carbonyl (C=O) groups excluding carboxylic acids is 1. The molecule has 17 heavy (non-hydrogen) atoms. The minimum atomic E-state index is -3.24. The summed E-state index contributed by atoms with van der Waals surface area (Å²) in [5, 5.41) is 1.23. The van der Waals surface area contributed by atoms with Crippen LogP contribution in [0.1, 0.15) is 18.2 Å². The van der Waals surface area contributed by atoms with E-state index in [1.807, 2.05) is 17.5 Å². The topological polar surface area (TPSA) is 60.4 Å². The van der Waals surface area contributed by atoms with Gasteiger partial charge in [0.15, 0.2) is 9.84 Å². The standard InChI is InChI=1S/C11H16O4S2/c1-9(8-11(12)15-2)17(13,14)7-5-10-4-3-6-16-10/h3-4,6,9H,5,7-8H2,1-2H3. The molecule has 0 radical (unpaired) electrons. The molecule has 0 aromatic carbocycles. The predicted octanol–water partition coefficient (Wildman–Crippen LogP) is 1.66. The third-order valence-electron chi connectivity index (χ3n) is 2.51. The van der Waals surface area contributed by atoms with Crippen molar-refractivity contribution in [2.24, 2.45) is 0 Å². The van der Waals surface area contributed by atoms with Crippen molar-refractivity contribution in [3.63, 3.8) is 0 Å². The molecule has 0 saturated heterocycles. The number of aryl methyl sites for hydroxylation is 1. The number of ether oxygens (including phenoxy) is 1. The second-order valence-corrected chi connectivity index (χ2v) is 7.36. The number of carbonyl (C=O) groups is 1. The van der Waals surface area contributed by atoms with E-state index in [4.69, 9.17) is 0 Å². The highest BCUT2D eigenvalue weighted by molar-refractivity contribution is 7.92. The summed E-state index contributed by atoms with van der Waals surface area (Å²) in [5.41, 5.74) is 0. The molecule has 0 amide bonds. The van der Waals surface area contributed by atoms with Crippen molar-refractivity contribution in [3.05, 3.63) is 22.4 Å². The molecule has 1 heterocycles. The van der Waals surface area contributed by atoms with E-state index in [1.54, 1.807) is 6.92 Å². The maximum absolute atomic E-state index is 11.9.